The van der Waals surface area contributed by atoms with Gasteiger partial charge in [0.2, 0.25) is 0 Å². The summed E-state index contributed by atoms with van der Waals surface area (Å²) in [4.78, 5) is 0. The Balaban J connectivity index is 2.16. The van der Waals surface area contributed by atoms with Gasteiger partial charge in [-0.2, -0.15) is 8.78 Å². The first-order valence-electron chi connectivity index (χ1n) is 6.64. The SMILES string of the molecule is CCn1cccc1CNc1cc(OC)ccc1OC(F)F. The first-order valence-corrected chi connectivity index (χ1v) is 6.64. The number of aromatic nitrogens is 1. The second-order valence-electron chi connectivity index (χ2n) is 4.38. The fourth-order valence-electron chi connectivity index (χ4n) is 2.08. The molecule has 1 N–H and O–H groups in total. The number of hydrogen-bond donors (Lipinski definition) is 1. The molecular weight excluding hydrogens is 278 g/mol. The van der Waals surface area contributed by atoms with Gasteiger partial charge in [-0.05, 0) is 31.2 Å². The van der Waals surface area contributed by atoms with Gasteiger partial charge in [-0.1, -0.05) is 0 Å². The van der Waals surface area contributed by atoms with Crippen LogP contribution in [-0.4, -0.2) is 18.3 Å². The van der Waals surface area contributed by atoms with Gasteiger partial charge in [0.05, 0.1) is 19.3 Å². The molecule has 4 nitrogen and oxygen atoms in total. The molecule has 0 aliphatic carbocycles. The minimum atomic E-state index is -2.86. The van der Waals surface area contributed by atoms with E-state index in [1.165, 1.54) is 13.2 Å². The Bertz CT molecular complexity index is 585. The van der Waals surface area contributed by atoms with Crippen LogP contribution in [0.4, 0.5) is 14.5 Å². The molecule has 21 heavy (non-hydrogen) atoms. The summed E-state index contributed by atoms with van der Waals surface area (Å²) in [5.74, 6) is 0.672. The number of hydrogen-bond acceptors (Lipinski definition) is 3. The van der Waals surface area contributed by atoms with Crippen molar-refractivity contribution < 1.29 is 18.3 Å². The number of rotatable bonds is 7. The van der Waals surface area contributed by atoms with Crippen LogP contribution < -0.4 is 14.8 Å². The minimum Gasteiger partial charge on any atom is -0.497 e. The number of aryl methyl sites for hydroxylation is 1. The molecule has 0 saturated carbocycles. The zero-order valence-corrected chi connectivity index (χ0v) is 12.0. The van der Waals surface area contributed by atoms with E-state index in [2.05, 4.69) is 14.6 Å². The summed E-state index contributed by atoms with van der Waals surface area (Å²) >= 11 is 0. The van der Waals surface area contributed by atoms with Crippen LogP contribution in [0.15, 0.2) is 36.5 Å². The van der Waals surface area contributed by atoms with Crippen LogP contribution in [0.3, 0.4) is 0 Å². The molecule has 2 rings (SSSR count). The van der Waals surface area contributed by atoms with Crippen molar-refractivity contribution >= 4 is 5.69 Å². The fraction of sp³-hybridized carbons (Fsp3) is 0.333. The topological polar surface area (TPSA) is 35.4 Å². The Morgan fingerprint density at radius 2 is 2.10 bits per heavy atom. The van der Waals surface area contributed by atoms with Gasteiger partial charge in [-0.25, -0.2) is 0 Å². The molecule has 0 radical (unpaired) electrons. The third-order valence-electron chi connectivity index (χ3n) is 3.13. The molecule has 0 spiro atoms. The van der Waals surface area contributed by atoms with Gasteiger partial charge in [0.15, 0.2) is 0 Å². The average Bonchev–Trinajstić information content (AvgIpc) is 2.93. The predicted octanol–water partition coefficient (Wildman–Crippen LogP) is 3.73. The number of halogens is 2. The van der Waals surface area contributed by atoms with Crippen molar-refractivity contribution in [3.63, 3.8) is 0 Å². The van der Waals surface area contributed by atoms with E-state index < -0.39 is 6.61 Å². The third kappa shape index (κ3) is 3.87. The standard InChI is InChI=1S/C15H18F2N2O2/c1-3-19-8-4-5-11(19)10-18-13-9-12(20-2)6-7-14(13)21-15(16)17/h4-9,15,18H,3,10H2,1-2H3. The van der Waals surface area contributed by atoms with Crippen molar-refractivity contribution in [2.24, 2.45) is 0 Å². The van der Waals surface area contributed by atoms with Gasteiger partial charge in [0.25, 0.3) is 0 Å². The largest absolute Gasteiger partial charge is 0.497 e. The van der Waals surface area contributed by atoms with Gasteiger partial charge in [-0.3, -0.25) is 0 Å². The summed E-state index contributed by atoms with van der Waals surface area (Å²) in [6, 6.07) is 8.60. The highest BCUT2D eigenvalue weighted by Crippen LogP contribution is 2.30. The van der Waals surface area contributed by atoms with Gasteiger partial charge >= 0.3 is 6.61 Å². The van der Waals surface area contributed by atoms with E-state index in [-0.39, 0.29) is 5.75 Å². The summed E-state index contributed by atoms with van der Waals surface area (Å²) in [6.07, 6.45) is 1.97. The smallest absolute Gasteiger partial charge is 0.387 e. The average molecular weight is 296 g/mol. The number of methoxy groups -OCH3 is 1. The number of ether oxygens (including phenoxy) is 2. The highest BCUT2D eigenvalue weighted by Gasteiger charge is 2.11. The fourth-order valence-corrected chi connectivity index (χ4v) is 2.08. The summed E-state index contributed by atoms with van der Waals surface area (Å²) < 4.78 is 36.6. The maximum absolute atomic E-state index is 12.4. The van der Waals surface area contributed by atoms with E-state index in [1.54, 1.807) is 12.1 Å². The van der Waals surface area contributed by atoms with Crippen LogP contribution in [-0.2, 0) is 13.1 Å². The molecule has 0 saturated heterocycles. The van der Waals surface area contributed by atoms with Crippen LogP contribution in [0.1, 0.15) is 12.6 Å². The van der Waals surface area contributed by atoms with Crippen molar-refractivity contribution in [3.8, 4) is 11.5 Å². The van der Waals surface area contributed by atoms with E-state index in [9.17, 15) is 8.78 Å². The Morgan fingerprint density at radius 1 is 1.29 bits per heavy atom. The molecule has 2 aromatic rings. The summed E-state index contributed by atoms with van der Waals surface area (Å²) in [5.41, 5.74) is 1.53. The van der Waals surface area contributed by atoms with E-state index in [0.717, 1.165) is 12.2 Å². The van der Waals surface area contributed by atoms with Crippen LogP contribution >= 0.6 is 0 Å². The molecule has 1 heterocycles. The molecule has 1 aromatic heterocycles. The first kappa shape index (κ1) is 15.2. The van der Waals surface area contributed by atoms with E-state index in [0.29, 0.717) is 18.0 Å². The second-order valence-corrected chi connectivity index (χ2v) is 4.38. The number of nitrogens with one attached hydrogen (secondary N) is 1. The maximum atomic E-state index is 12.4. The molecule has 0 aliphatic rings. The lowest BCUT2D eigenvalue weighted by Crippen LogP contribution is -2.09. The summed E-state index contributed by atoms with van der Waals surface area (Å²) in [7, 11) is 1.52. The quantitative estimate of drug-likeness (QED) is 0.845. The Kier molecular flexibility index (Phi) is 5.03. The van der Waals surface area contributed by atoms with Gasteiger partial charge < -0.3 is 19.4 Å². The van der Waals surface area contributed by atoms with E-state index in [1.807, 2.05) is 25.3 Å². The van der Waals surface area contributed by atoms with Crippen LogP contribution in [0.5, 0.6) is 11.5 Å². The highest BCUT2D eigenvalue weighted by molar-refractivity contribution is 5.59. The van der Waals surface area contributed by atoms with Crippen molar-refractivity contribution in [3.05, 3.63) is 42.2 Å². The molecule has 1 aromatic carbocycles. The number of benzene rings is 1. The zero-order chi connectivity index (χ0) is 15.2. The zero-order valence-electron chi connectivity index (χ0n) is 12.0. The first-order chi connectivity index (χ1) is 10.1. The third-order valence-corrected chi connectivity index (χ3v) is 3.13. The lowest BCUT2D eigenvalue weighted by Gasteiger charge is -2.15. The van der Waals surface area contributed by atoms with E-state index in [4.69, 9.17) is 4.74 Å². The second kappa shape index (κ2) is 6.97. The Labute approximate surface area is 122 Å². The van der Waals surface area contributed by atoms with Crippen molar-refractivity contribution in [1.82, 2.24) is 4.57 Å². The molecule has 0 bridgehead atoms. The summed E-state index contributed by atoms with van der Waals surface area (Å²) in [6.45, 7) is 0.537. The Hall–Kier alpha value is -2.24. The Morgan fingerprint density at radius 3 is 2.76 bits per heavy atom. The molecule has 0 amide bonds. The molecule has 0 fully saturated rings. The lowest BCUT2D eigenvalue weighted by molar-refractivity contribution is -0.0494. The highest BCUT2D eigenvalue weighted by atomic mass is 19.3. The molecule has 0 aliphatic heterocycles. The molecule has 0 unspecified atom stereocenters. The molecule has 6 heteroatoms. The van der Waals surface area contributed by atoms with Crippen LogP contribution in [0.25, 0.3) is 0 Å². The number of alkyl halides is 2. The minimum absolute atomic E-state index is 0.0976. The number of anilines is 1. The molecular formula is C15H18F2N2O2. The lowest BCUT2D eigenvalue weighted by atomic mass is 10.2. The van der Waals surface area contributed by atoms with Gasteiger partial charge in [0, 0.05) is 24.5 Å². The normalized spacial score (nSPS) is 10.7. The predicted molar refractivity (Wildman–Crippen MR) is 77.1 cm³/mol. The van der Waals surface area contributed by atoms with Crippen molar-refractivity contribution in [1.29, 1.82) is 0 Å². The van der Waals surface area contributed by atoms with Crippen LogP contribution in [0, 0.1) is 0 Å². The molecule has 114 valence electrons. The molecule has 0 atom stereocenters. The van der Waals surface area contributed by atoms with Gasteiger partial charge in [0.1, 0.15) is 11.5 Å². The number of nitrogens with zero attached hydrogens (tertiary/aromatic N) is 1. The van der Waals surface area contributed by atoms with Gasteiger partial charge in [-0.15, -0.1) is 0 Å². The maximum Gasteiger partial charge on any atom is 0.387 e. The van der Waals surface area contributed by atoms with Crippen molar-refractivity contribution in [2.45, 2.75) is 26.6 Å². The van der Waals surface area contributed by atoms with Crippen LogP contribution in [0.2, 0.25) is 0 Å². The van der Waals surface area contributed by atoms with E-state index >= 15 is 0 Å². The summed E-state index contributed by atoms with van der Waals surface area (Å²) in [5, 5.41) is 3.11. The van der Waals surface area contributed by atoms with Crippen molar-refractivity contribution in [2.75, 3.05) is 12.4 Å². The monoisotopic (exact) mass is 296 g/mol.